The number of benzene rings is 1. The number of allylic oxidation sites excluding steroid dienone is 1. The summed E-state index contributed by atoms with van der Waals surface area (Å²) in [4.78, 5) is 17.3. The first-order valence-corrected chi connectivity index (χ1v) is 9.69. The number of aromatic nitrogens is 1. The number of carbonyl (C=O) groups excluding carboxylic acids is 1. The Morgan fingerprint density at radius 1 is 1.28 bits per heavy atom. The van der Waals surface area contributed by atoms with Crippen LogP contribution in [-0.4, -0.2) is 50.0 Å². The molecule has 1 aliphatic carbocycles. The quantitative estimate of drug-likeness (QED) is 0.603. The van der Waals surface area contributed by atoms with Crippen LogP contribution >= 0.6 is 0 Å². The zero-order valence-corrected chi connectivity index (χ0v) is 17.1. The summed E-state index contributed by atoms with van der Waals surface area (Å²) in [6.07, 6.45) is 4.33. The third-order valence-corrected chi connectivity index (χ3v) is 6.43. The number of piperidine rings is 1. The van der Waals surface area contributed by atoms with E-state index in [2.05, 4.69) is 10.3 Å². The third kappa shape index (κ3) is 2.80. The molecule has 4 unspecified atom stereocenters. The van der Waals surface area contributed by atoms with Gasteiger partial charge in [0.1, 0.15) is 5.60 Å². The number of ether oxygens (including phenoxy) is 3. The van der Waals surface area contributed by atoms with Gasteiger partial charge in [-0.15, -0.1) is 0 Å². The highest BCUT2D eigenvalue weighted by atomic mass is 16.5. The van der Waals surface area contributed by atoms with E-state index in [0.717, 1.165) is 11.0 Å². The Bertz CT molecular complexity index is 989. The Morgan fingerprint density at radius 3 is 2.66 bits per heavy atom. The summed E-state index contributed by atoms with van der Waals surface area (Å²) in [6.45, 7) is 2.60. The van der Waals surface area contributed by atoms with Gasteiger partial charge >= 0.3 is 5.97 Å². The maximum atomic E-state index is 12.9. The van der Waals surface area contributed by atoms with Crippen LogP contribution in [0.2, 0.25) is 0 Å². The number of fused-ring (bicyclic) bond motifs is 3. The van der Waals surface area contributed by atoms with Crippen molar-refractivity contribution in [3.8, 4) is 11.5 Å². The molecule has 7 heteroatoms. The van der Waals surface area contributed by atoms with Crippen LogP contribution in [0.4, 0.5) is 0 Å². The fourth-order valence-electron chi connectivity index (χ4n) is 5.03. The van der Waals surface area contributed by atoms with Crippen LogP contribution in [0.5, 0.6) is 11.5 Å². The first kappa shape index (κ1) is 19.7. The summed E-state index contributed by atoms with van der Waals surface area (Å²) < 4.78 is 16.0. The summed E-state index contributed by atoms with van der Waals surface area (Å²) in [6, 6.07) is 5.09. The number of hydrogen-bond donors (Lipinski definition) is 2. The number of nitrogens with one attached hydrogen (secondary N) is 1. The largest absolute Gasteiger partial charge is 0.493 e. The minimum absolute atomic E-state index is 0.0768. The van der Waals surface area contributed by atoms with Gasteiger partial charge in [0.2, 0.25) is 0 Å². The van der Waals surface area contributed by atoms with Gasteiger partial charge < -0.3 is 24.6 Å². The molecule has 2 heterocycles. The molecule has 1 saturated heterocycles. The zero-order valence-electron chi connectivity index (χ0n) is 17.1. The molecule has 1 saturated carbocycles. The van der Waals surface area contributed by atoms with E-state index in [0.29, 0.717) is 35.5 Å². The van der Waals surface area contributed by atoms with Gasteiger partial charge in [-0.2, -0.15) is 0 Å². The first-order valence-electron chi connectivity index (χ1n) is 9.69. The Hall–Kier alpha value is -2.64. The minimum Gasteiger partial charge on any atom is -0.493 e. The second-order valence-electron chi connectivity index (χ2n) is 7.55. The Labute approximate surface area is 169 Å². The number of pyridine rings is 1. The average Bonchev–Trinajstić information content (AvgIpc) is 2.99. The van der Waals surface area contributed by atoms with Gasteiger partial charge in [0.25, 0.3) is 0 Å². The molecule has 4 atom stereocenters. The molecule has 0 radical (unpaired) electrons. The molecule has 0 spiro atoms. The lowest BCUT2D eigenvalue weighted by molar-refractivity contribution is -0.156. The zero-order chi connectivity index (χ0) is 20.8. The lowest BCUT2D eigenvalue weighted by atomic mass is 9.77. The molecular weight excluding hydrogens is 372 g/mol. The molecule has 0 amide bonds. The number of hydrogen-bond acceptors (Lipinski definition) is 7. The smallest absolute Gasteiger partial charge is 0.312 e. The van der Waals surface area contributed by atoms with Gasteiger partial charge in [0.05, 0.1) is 32.8 Å². The predicted octanol–water partition coefficient (Wildman–Crippen LogP) is 2.17. The van der Waals surface area contributed by atoms with Crippen molar-refractivity contribution in [1.29, 1.82) is 0 Å². The van der Waals surface area contributed by atoms with Crippen molar-refractivity contribution < 1.29 is 24.1 Å². The highest BCUT2D eigenvalue weighted by Crippen LogP contribution is 2.53. The third-order valence-electron chi connectivity index (χ3n) is 6.43. The summed E-state index contributed by atoms with van der Waals surface area (Å²) in [5, 5.41) is 16.2. The molecule has 29 heavy (non-hydrogen) atoms. The van der Waals surface area contributed by atoms with Gasteiger partial charge in [0.15, 0.2) is 11.5 Å². The summed E-state index contributed by atoms with van der Waals surface area (Å²) >= 11 is 0. The van der Waals surface area contributed by atoms with Gasteiger partial charge in [-0.1, -0.05) is 11.6 Å². The lowest BCUT2D eigenvalue weighted by Crippen LogP contribution is -2.49. The number of aliphatic hydroxyl groups is 1. The highest BCUT2D eigenvalue weighted by Gasteiger charge is 2.61. The Balaban J connectivity index is 1.96. The van der Waals surface area contributed by atoms with Crippen LogP contribution in [0.25, 0.3) is 10.9 Å². The predicted molar refractivity (Wildman–Crippen MR) is 108 cm³/mol. The molecule has 2 bridgehead atoms. The summed E-state index contributed by atoms with van der Waals surface area (Å²) in [5.74, 6) is -0.103. The lowest BCUT2D eigenvalue weighted by Gasteiger charge is -2.35. The molecule has 2 aromatic rings. The second kappa shape index (κ2) is 7.31. The van der Waals surface area contributed by atoms with E-state index in [9.17, 15) is 9.90 Å². The summed E-state index contributed by atoms with van der Waals surface area (Å²) in [7, 11) is 4.50. The monoisotopic (exact) mass is 398 g/mol. The number of esters is 1. The van der Waals surface area contributed by atoms with Crippen molar-refractivity contribution in [2.75, 3.05) is 27.9 Å². The standard InChI is InChI=1S/C22H26N2O5/c1-5-12-11-24-19-9-13(12)20(21(25)29-4)22(19,26)15-6-7-23-16-10-18(28-3)17(27-2)8-14(15)16/h5-8,10,13,19-20,24,26H,9,11H2,1-4H3/b12-5+. The van der Waals surface area contributed by atoms with Crippen molar-refractivity contribution in [3.63, 3.8) is 0 Å². The Morgan fingerprint density at radius 2 is 2.00 bits per heavy atom. The number of carbonyl (C=O) groups is 1. The fourth-order valence-corrected chi connectivity index (χ4v) is 5.03. The van der Waals surface area contributed by atoms with E-state index in [4.69, 9.17) is 14.2 Å². The first-order chi connectivity index (χ1) is 14.0. The molecule has 2 N–H and O–H groups in total. The van der Waals surface area contributed by atoms with E-state index in [-0.39, 0.29) is 12.0 Å². The molecule has 7 nitrogen and oxygen atoms in total. The fraction of sp³-hybridized carbons (Fsp3) is 0.455. The van der Waals surface area contributed by atoms with Crippen LogP contribution in [0.15, 0.2) is 36.0 Å². The van der Waals surface area contributed by atoms with E-state index < -0.39 is 17.5 Å². The van der Waals surface area contributed by atoms with Crippen molar-refractivity contribution in [1.82, 2.24) is 10.3 Å². The molecule has 2 fully saturated rings. The van der Waals surface area contributed by atoms with E-state index in [1.807, 2.05) is 19.1 Å². The van der Waals surface area contributed by atoms with Gasteiger partial charge in [0, 0.05) is 30.2 Å². The number of nitrogens with zero attached hydrogens (tertiary/aromatic N) is 1. The SMILES string of the molecule is C/C=C1\CNC2CC1C(C(=O)OC)C2(O)c1ccnc2cc(OC)c(OC)cc12. The van der Waals surface area contributed by atoms with Crippen LogP contribution in [0.3, 0.4) is 0 Å². The van der Waals surface area contributed by atoms with Crippen molar-refractivity contribution in [2.24, 2.45) is 11.8 Å². The molecule has 1 aromatic heterocycles. The average molecular weight is 398 g/mol. The van der Waals surface area contributed by atoms with E-state index in [1.165, 1.54) is 7.11 Å². The number of rotatable bonds is 4. The molecular formula is C22H26N2O5. The molecule has 1 aliphatic heterocycles. The normalized spacial score (nSPS) is 29.8. The van der Waals surface area contributed by atoms with Crippen LogP contribution in [-0.2, 0) is 15.1 Å². The van der Waals surface area contributed by atoms with Crippen LogP contribution in [0.1, 0.15) is 18.9 Å². The van der Waals surface area contributed by atoms with E-state index in [1.54, 1.807) is 32.5 Å². The molecule has 154 valence electrons. The maximum absolute atomic E-state index is 12.9. The van der Waals surface area contributed by atoms with Crippen LogP contribution < -0.4 is 14.8 Å². The van der Waals surface area contributed by atoms with Gasteiger partial charge in [-0.25, -0.2) is 0 Å². The van der Waals surface area contributed by atoms with E-state index >= 15 is 0 Å². The maximum Gasteiger partial charge on any atom is 0.312 e. The van der Waals surface area contributed by atoms with Crippen LogP contribution in [0, 0.1) is 11.8 Å². The minimum atomic E-state index is -1.44. The topological polar surface area (TPSA) is 89.9 Å². The molecule has 1 aromatic carbocycles. The summed E-state index contributed by atoms with van der Waals surface area (Å²) in [5.41, 5.74) is 0.967. The number of methoxy groups -OCH3 is 3. The molecule has 2 aliphatic rings. The van der Waals surface area contributed by atoms with Crippen molar-refractivity contribution in [2.45, 2.75) is 25.0 Å². The van der Waals surface area contributed by atoms with Gasteiger partial charge in [-0.05, 0) is 37.0 Å². The highest BCUT2D eigenvalue weighted by molar-refractivity contribution is 5.88. The Kier molecular flexibility index (Phi) is 4.96. The second-order valence-corrected chi connectivity index (χ2v) is 7.55. The van der Waals surface area contributed by atoms with Gasteiger partial charge in [-0.3, -0.25) is 9.78 Å². The van der Waals surface area contributed by atoms with Crippen molar-refractivity contribution >= 4 is 16.9 Å². The molecule has 4 rings (SSSR count). The van der Waals surface area contributed by atoms with Crippen molar-refractivity contribution in [3.05, 3.63) is 41.6 Å².